The number of ketones is 1. The highest BCUT2D eigenvalue weighted by atomic mass is 16.1. The first-order valence-corrected chi connectivity index (χ1v) is 7.11. The first kappa shape index (κ1) is 12.1. The van der Waals surface area contributed by atoms with Gasteiger partial charge >= 0.3 is 0 Å². The third-order valence-corrected chi connectivity index (χ3v) is 3.92. The molecule has 104 valence electrons. The number of nitrogens with one attached hydrogen (secondary N) is 1. The molecule has 2 aromatic carbocycles. The molecule has 4 heteroatoms. The van der Waals surface area contributed by atoms with Crippen LogP contribution in [0, 0.1) is 0 Å². The maximum atomic E-state index is 12.3. The van der Waals surface area contributed by atoms with Crippen LogP contribution in [0.25, 0.3) is 11.0 Å². The molecular weight excluding hydrogens is 262 g/mol. The van der Waals surface area contributed by atoms with Crippen LogP contribution in [0.2, 0.25) is 0 Å². The van der Waals surface area contributed by atoms with Gasteiger partial charge in [0.25, 0.3) is 0 Å². The number of hydrogen-bond acceptors (Lipinski definition) is 3. The van der Waals surface area contributed by atoms with E-state index in [2.05, 4.69) is 20.9 Å². The van der Waals surface area contributed by atoms with Crippen molar-refractivity contribution in [1.29, 1.82) is 0 Å². The SMILES string of the molecule is O=C(CC1Cn2c(nc3ccccc32)N1)c1ccccc1. The van der Waals surface area contributed by atoms with Gasteiger partial charge in [0.05, 0.1) is 17.1 Å². The van der Waals surface area contributed by atoms with Crippen LogP contribution in [-0.4, -0.2) is 21.4 Å². The molecule has 0 radical (unpaired) electrons. The van der Waals surface area contributed by atoms with Gasteiger partial charge in [0.2, 0.25) is 5.95 Å². The molecule has 0 amide bonds. The second kappa shape index (κ2) is 4.74. The van der Waals surface area contributed by atoms with Gasteiger partial charge in [-0.3, -0.25) is 4.79 Å². The van der Waals surface area contributed by atoms with Crippen molar-refractivity contribution in [2.75, 3.05) is 5.32 Å². The van der Waals surface area contributed by atoms with E-state index in [1.165, 1.54) is 0 Å². The highest BCUT2D eigenvalue weighted by Gasteiger charge is 2.25. The molecule has 4 rings (SSSR count). The molecule has 0 bridgehead atoms. The van der Waals surface area contributed by atoms with E-state index in [-0.39, 0.29) is 11.8 Å². The molecule has 1 atom stereocenters. The number of nitrogens with zero attached hydrogens (tertiary/aromatic N) is 2. The van der Waals surface area contributed by atoms with Crippen molar-refractivity contribution < 1.29 is 4.79 Å². The summed E-state index contributed by atoms with van der Waals surface area (Å²) in [6.07, 6.45) is 0.488. The Hall–Kier alpha value is -2.62. The minimum atomic E-state index is 0.116. The maximum Gasteiger partial charge on any atom is 0.204 e. The predicted octanol–water partition coefficient (Wildman–Crippen LogP) is 3.10. The lowest BCUT2D eigenvalue weighted by molar-refractivity contribution is 0.0976. The first-order chi connectivity index (χ1) is 10.3. The van der Waals surface area contributed by atoms with Crippen molar-refractivity contribution in [1.82, 2.24) is 9.55 Å². The molecule has 0 aliphatic carbocycles. The van der Waals surface area contributed by atoms with Gasteiger partial charge < -0.3 is 9.88 Å². The average molecular weight is 277 g/mol. The number of para-hydroxylation sites is 2. The Morgan fingerprint density at radius 2 is 1.90 bits per heavy atom. The number of hydrogen-bond donors (Lipinski definition) is 1. The number of anilines is 1. The Morgan fingerprint density at radius 1 is 1.14 bits per heavy atom. The molecule has 1 N–H and O–H groups in total. The zero-order valence-electron chi connectivity index (χ0n) is 11.5. The predicted molar refractivity (Wildman–Crippen MR) is 82.5 cm³/mol. The standard InChI is InChI=1S/C17H15N3O/c21-16(12-6-2-1-3-7-12)10-13-11-20-15-9-5-4-8-14(15)19-17(20)18-13/h1-9,13H,10-11H2,(H,18,19). The van der Waals surface area contributed by atoms with E-state index in [0.29, 0.717) is 6.42 Å². The number of rotatable bonds is 3. The molecule has 0 saturated carbocycles. The minimum absolute atomic E-state index is 0.116. The summed E-state index contributed by atoms with van der Waals surface area (Å²) < 4.78 is 2.15. The average Bonchev–Trinajstić information content (AvgIpc) is 3.05. The van der Waals surface area contributed by atoms with Gasteiger partial charge in [0.1, 0.15) is 0 Å². The number of aromatic nitrogens is 2. The van der Waals surface area contributed by atoms with E-state index in [1.807, 2.05) is 48.5 Å². The Kier molecular flexibility index (Phi) is 2.74. The summed E-state index contributed by atoms with van der Waals surface area (Å²) in [7, 11) is 0. The van der Waals surface area contributed by atoms with Crippen LogP contribution in [0.5, 0.6) is 0 Å². The summed E-state index contributed by atoms with van der Waals surface area (Å²) >= 11 is 0. The third kappa shape index (κ3) is 2.09. The number of benzene rings is 2. The molecular formula is C17H15N3O. The summed E-state index contributed by atoms with van der Waals surface area (Å²) in [5, 5.41) is 3.36. The summed E-state index contributed by atoms with van der Waals surface area (Å²) in [5.41, 5.74) is 2.89. The fourth-order valence-corrected chi connectivity index (χ4v) is 2.90. The summed E-state index contributed by atoms with van der Waals surface area (Å²) in [6.45, 7) is 0.786. The number of Topliss-reactive ketones (excluding diaryl/α,β-unsaturated/α-hetero) is 1. The Labute approximate surface area is 122 Å². The smallest absolute Gasteiger partial charge is 0.204 e. The fourth-order valence-electron chi connectivity index (χ4n) is 2.90. The molecule has 0 spiro atoms. The maximum absolute atomic E-state index is 12.3. The second-order valence-electron chi connectivity index (χ2n) is 5.37. The van der Waals surface area contributed by atoms with Crippen molar-refractivity contribution in [3.05, 3.63) is 60.2 Å². The Bertz CT molecular complexity index is 807. The van der Waals surface area contributed by atoms with Crippen molar-refractivity contribution in [2.24, 2.45) is 0 Å². The molecule has 1 aliphatic heterocycles. The second-order valence-corrected chi connectivity index (χ2v) is 5.37. The van der Waals surface area contributed by atoms with Crippen LogP contribution in [0.15, 0.2) is 54.6 Å². The fraction of sp³-hybridized carbons (Fsp3) is 0.176. The first-order valence-electron chi connectivity index (χ1n) is 7.11. The van der Waals surface area contributed by atoms with E-state index in [9.17, 15) is 4.79 Å². The number of imidazole rings is 1. The largest absolute Gasteiger partial charge is 0.351 e. The van der Waals surface area contributed by atoms with Crippen molar-refractivity contribution in [3.63, 3.8) is 0 Å². The molecule has 3 aromatic rings. The zero-order valence-corrected chi connectivity index (χ0v) is 11.5. The number of carbonyl (C=O) groups excluding carboxylic acids is 1. The van der Waals surface area contributed by atoms with Crippen LogP contribution in [0.4, 0.5) is 5.95 Å². The van der Waals surface area contributed by atoms with Crippen molar-refractivity contribution >= 4 is 22.8 Å². The van der Waals surface area contributed by atoms with E-state index < -0.39 is 0 Å². The Morgan fingerprint density at radius 3 is 2.76 bits per heavy atom. The minimum Gasteiger partial charge on any atom is -0.351 e. The van der Waals surface area contributed by atoms with Gasteiger partial charge in [-0.2, -0.15) is 0 Å². The van der Waals surface area contributed by atoms with Crippen molar-refractivity contribution in [2.45, 2.75) is 19.0 Å². The molecule has 1 unspecified atom stereocenters. The third-order valence-electron chi connectivity index (χ3n) is 3.92. The molecule has 2 heterocycles. The summed E-state index contributed by atoms with van der Waals surface area (Å²) in [5.74, 6) is 1.03. The number of fused-ring (bicyclic) bond motifs is 3. The monoisotopic (exact) mass is 277 g/mol. The molecule has 21 heavy (non-hydrogen) atoms. The van der Waals surface area contributed by atoms with E-state index >= 15 is 0 Å². The highest BCUT2D eigenvalue weighted by Crippen LogP contribution is 2.26. The lowest BCUT2D eigenvalue weighted by atomic mass is 10.0. The van der Waals surface area contributed by atoms with Crippen LogP contribution in [0.1, 0.15) is 16.8 Å². The molecule has 0 fully saturated rings. The van der Waals surface area contributed by atoms with Gasteiger partial charge in [-0.15, -0.1) is 0 Å². The van der Waals surface area contributed by atoms with Crippen molar-refractivity contribution in [3.8, 4) is 0 Å². The van der Waals surface area contributed by atoms with Crippen LogP contribution in [0.3, 0.4) is 0 Å². The summed E-state index contributed by atoms with van der Waals surface area (Å²) in [4.78, 5) is 16.8. The lowest BCUT2D eigenvalue weighted by Gasteiger charge is -2.09. The number of carbonyl (C=O) groups is 1. The zero-order chi connectivity index (χ0) is 14.2. The van der Waals surface area contributed by atoms with E-state index in [0.717, 1.165) is 29.1 Å². The molecule has 1 aromatic heterocycles. The van der Waals surface area contributed by atoms with E-state index in [1.54, 1.807) is 0 Å². The van der Waals surface area contributed by atoms with Gasteiger partial charge in [-0.1, -0.05) is 42.5 Å². The Balaban J connectivity index is 1.53. The highest BCUT2D eigenvalue weighted by molar-refractivity contribution is 5.96. The molecule has 0 saturated heterocycles. The van der Waals surface area contributed by atoms with E-state index in [4.69, 9.17) is 0 Å². The quantitative estimate of drug-likeness (QED) is 0.748. The van der Waals surface area contributed by atoms with Crippen LogP contribution < -0.4 is 5.32 Å². The van der Waals surface area contributed by atoms with Gasteiger partial charge in [-0.25, -0.2) is 4.98 Å². The van der Waals surface area contributed by atoms with Gasteiger partial charge in [-0.05, 0) is 12.1 Å². The molecule has 4 nitrogen and oxygen atoms in total. The summed E-state index contributed by atoms with van der Waals surface area (Å²) in [6, 6.07) is 17.6. The lowest BCUT2D eigenvalue weighted by Crippen LogP contribution is -2.21. The van der Waals surface area contributed by atoms with Crippen LogP contribution >= 0.6 is 0 Å². The van der Waals surface area contributed by atoms with Gasteiger partial charge in [0.15, 0.2) is 5.78 Å². The topological polar surface area (TPSA) is 46.9 Å². The normalized spacial score (nSPS) is 16.7. The molecule has 1 aliphatic rings. The van der Waals surface area contributed by atoms with Gasteiger partial charge in [0, 0.05) is 18.5 Å². The van der Waals surface area contributed by atoms with Crippen LogP contribution in [-0.2, 0) is 6.54 Å².